The number of carbonyl (C=O) groups is 1. The van der Waals surface area contributed by atoms with Crippen molar-refractivity contribution in [3.05, 3.63) is 139 Å². The van der Waals surface area contributed by atoms with E-state index in [9.17, 15) is 20.1 Å². The molecule has 1 saturated carbocycles. The molecule has 0 bridgehead atoms. The fourth-order valence-electron chi connectivity index (χ4n) is 9.86. The first kappa shape index (κ1) is 47.5. The molecular formula is C53H64N2O10. The minimum absolute atomic E-state index is 0.0259. The Kier molecular flexibility index (Phi) is 17.2. The highest BCUT2D eigenvalue weighted by atomic mass is 16.7. The van der Waals surface area contributed by atoms with E-state index in [1.165, 1.54) is 0 Å². The molecule has 0 radical (unpaired) electrons. The summed E-state index contributed by atoms with van der Waals surface area (Å²) < 4.78 is 32.5. The zero-order chi connectivity index (χ0) is 45.4. The number of allylic oxidation sites excluding steroid dienone is 1. The van der Waals surface area contributed by atoms with Crippen molar-refractivity contribution < 1.29 is 48.6 Å². The normalized spacial score (nSPS) is 22.5. The molecule has 1 amide bonds. The Bertz CT molecular complexity index is 2180. The van der Waals surface area contributed by atoms with Crippen molar-refractivity contribution in [3.63, 3.8) is 0 Å². The third-order valence-corrected chi connectivity index (χ3v) is 12.7. The molecule has 6 atom stereocenters. The third-order valence-electron chi connectivity index (χ3n) is 12.7. The number of nitrogens with zero attached hydrogens (tertiary/aromatic N) is 2. The molecule has 1 aliphatic heterocycles. The summed E-state index contributed by atoms with van der Waals surface area (Å²) in [7, 11) is 0. The van der Waals surface area contributed by atoms with Crippen LogP contribution in [0.4, 0.5) is 4.79 Å². The predicted molar refractivity (Wildman–Crippen MR) is 250 cm³/mol. The molecule has 6 unspecified atom stereocenters. The van der Waals surface area contributed by atoms with Crippen molar-refractivity contribution in [3.8, 4) is 28.4 Å². The van der Waals surface area contributed by atoms with E-state index in [0.717, 1.165) is 53.5 Å². The Morgan fingerprint density at radius 2 is 1.57 bits per heavy atom. The molecule has 0 spiro atoms. The average Bonchev–Trinajstić information content (AvgIpc) is 3.33. The van der Waals surface area contributed by atoms with Crippen molar-refractivity contribution in [1.82, 2.24) is 4.90 Å². The van der Waals surface area contributed by atoms with Gasteiger partial charge in [0.15, 0.2) is 0 Å². The van der Waals surface area contributed by atoms with Gasteiger partial charge in [0.05, 0.1) is 44.7 Å². The van der Waals surface area contributed by atoms with Crippen molar-refractivity contribution in [2.45, 2.75) is 76.2 Å². The minimum Gasteiger partial charge on any atom is -0.459 e. The molecule has 12 nitrogen and oxygen atoms in total. The molecule has 12 heteroatoms. The van der Waals surface area contributed by atoms with Crippen molar-refractivity contribution in [1.29, 1.82) is 0 Å². The number of aliphatic hydroxyl groups excluding tert-OH is 3. The summed E-state index contributed by atoms with van der Waals surface area (Å²) in [6, 6.07) is 33.2. The number of carbonyl (C=O) groups excluding carboxylic acids is 1. The summed E-state index contributed by atoms with van der Waals surface area (Å²) in [5, 5.41) is 34.4. The third kappa shape index (κ3) is 11.3. The number of amides is 1. The van der Waals surface area contributed by atoms with Gasteiger partial charge in [-0.25, -0.2) is 4.79 Å². The van der Waals surface area contributed by atoms with Gasteiger partial charge in [0, 0.05) is 37.7 Å². The van der Waals surface area contributed by atoms with Crippen LogP contribution in [0, 0.1) is 17.8 Å². The van der Waals surface area contributed by atoms with E-state index >= 15 is 0 Å². The van der Waals surface area contributed by atoms with E-state index in [0.29, 0.717) is 35.8 Å². The number of hydrogen-bond donors (Lipinski definition) is 3. The van der Waals surface area contributed by atoms with Crippen LogP contribution in [0.3, 0.4) is 0 Å². The monoisotopic (exact) mass is 888 g/mol. The lowest BCUT2D eigenvalue weighted by molar-refractivity contribution is -0.256. The fraction of sp³-hybridized carbons (Fsp3) is 0.434. The Morgan fingerprint density at radius 3 is 2.28 bits per heavy atom. The first-order valence-electron chi connectivity index (χ1n) is 23.1. The van der Waals surface area contributed by atoms with Crippen LogP contribution >= 0.6 is 0 Å². The predicted octanol–water partition coefficient (Wildman–Crippen LogP) is 9.45. The molecule has 1 heterocycles. The van der Waals surface area contributed by atoms with Crippen LogP contribution < -0.4 is 9.47 Å². The van der Waals surface area contributed by atoms with Gasteiger partial charge < -0.3 is 43.8 Å². The van der Waals surface area contributed by atoms with Gasteiger partial charge in [-0.3, -0.25) is 4.90 Å². The minimum atomic E-state index is -1.47. The SMILES string of the molecule is C=CCOC12Oc3ccc(Oc4ccc(-c5ccccc5)cc4)cc3C3C(CCCCO)C(CCCCO)C=C(C(=NOCc4ccccc4)CC1N(CCOCCO)C(=O)OCC)C32. The first-order chi connectivity index (χ1) is 31.9. The summed E-state index contributed by atoms with van der Waals surface area (Å²) in [6.07, 6.45) is 8.16. The van der Waals surface area contributed by atoms with Crippen LogP contribution in [0.25, 0.3) is 11.1 Å². The number of fused-ring (bicyclic) bond motifs is 2. The fourth-order valence-corrected chi connectivity index (χ4v) is 9.86. The summed E-state index contributed by atoms with van der Waals surface area (Å²) in [5.41, 5.74) is 5.69. The van der Waals surface area contributed by atoms with Crippen LogP contribution in [0.15, 0.2) is 133 Å². The van der Waals surface area contributed by atoms with E-state index in [2.05, 4.69) is 43.0 Å². The number of aliphatic hydroxyl groups is 3. The van der Waals surface area contributed by atoms with Crippen molar-refractivity contribution >= 4 is 11.8 Å². The summed E-state index contributed by atoms with van der Waals surface area (Å²) in [5.74, 6) is -0.221. The molecule has 2 aliphatic carbocycles. The highest BCUT2D eigenvalue weighted by molar-refractivity contribution is 6.03. The zero-order valence-electron chi connectivity index (χ0n) is 37.5. The van der Waals surface area contributed by atoms with E-state index < -0.39 is 23.8 Å². The van der Waals surface area contributed by atoms with Crippen LogP contribution in [0.5, 0.6) is 17.2 Å². The average molecular weight is 889 g/mol. The highest BCUT2D eigenvalue weighted by Gasteiger charge is 2.65. The molecule has 1 fully saturated rings. The maximum Gasteiger partial charge on any atom is 0.410 e. The van der Waals surface area contributed by atoms with Gasteiger partial charge in [-0.2, -0.15) is 0 Å². The number of unbranched alkanes of at least 4 members (excludes halogenated alkanes) is 2. The quantitative estimate of drug-likeness (QED) is 0.0353. The van der Waals surface area contributed by atoms with Gasteiger partial charge in [-0.05, 0) is 97.0 Å². The molecule has 7 rings (SSSR count). The molecule has 65 heavy (non-hydrogen) atoms. The molecule has 0 aromatic heterocycles. The Balaban J connectivity index is 1.39. The topological polar surface area (TPSA) is 149 Å². The van der Waals surface area contributed by atoms with E-state index in [1.807, 2.05) is 72.8 Å². The second-order valence-electron chi connectivity index (χ2n) is 16.8. The standard InChI is InChI=1S/C53H64N2O10/c1-3-31-62-53-49(55(52(59)61-4-2)27-32-60-33-30-58)36-47(54-63-37-38-15-7-5-8-16-38)45-34-41(19-11-13-28-56)44(20-12-14-29-57)50(51(45)53)46-35-43(25-26-48(46)65-53)64-42-23-21-40(22-24-42)39-17-9-6-10-18-39/h3,5-10,15-18,21-26,34-35,41,44,49-51,56-58H,1,4,11-14,19-20,27-33,36-37H2,2H3. The van der Waals surface area contributed by atoms with Gasteiger partial charge in [0.1, 0.15) is 29.9 Å². The number of oxime groups is 1. The molecule has 3 aliphatic rings. The molecule has 0 saturated heterocycles. The second-order valence-corrected chi connectivity index (χ2v) is 16.8. The summed E-state index contributed by atoms with van der Waals surface area (Å²) in [6.45, 7) is 6.66. The maximum atomic E-state index is 14.3. The second kappa shape index (κ2) is 23.6. The zero-order valence-corrected chi connectivity index (χ0v) is 37.5. The van der Waals surface area contributed by atoms with Crippen molar-refractivity contribution in [2.75, 3.05) is 52.8 Å². The van der Waals surface area contributed by atoms with Crippen LogP contribution in [-0.2, 0) is 25.7 Å². The molecule has 3 N–H and O–H groups in total. The van der Waals surface area contributed by atoms with Gasteiger partial charge in [-0.1, -0.05) is 103 Å². The number of hydrogen-bond acceptors (Lipinski definition) is 11. The van der Waals surface area contributed by atoms with E-state index in [1.54, 1.807) is 17.9 Å². The largest absolute Gasteiger partial charge is 0.459 e. The smallest absolute Gasteiger partial charge is 0.410 e. The van der Waals surface area contributed by atoms with Gasteiger partial charge in [0.2, 0.25) is 5.79 Å². The van der Waals surface area contributed by atoms with Gasteiger partial charge in [-0.15, -0.1) is 6.58 Å². The lowest BCUT2D eigenvalue weighted by Crippen LogP contribution is -2.70. The lowest BCUT2D eigenvalue weighted by atomic mass is 9.55. The van der Waals surface area contributed by atoms with Crippen LogP contribution in [0.1, 0.15) is 68.9 Å². The van der Waals surface area contributed by atoms with Crippen molar-refractivity contribution in [2.24, 2.45) is 22.9 Å². The lowest BCUT2D eigenvalue weighted by Gasteiger charge is -2.59. The maximum absolute atomic E-state index is 14.3. The molecule has 346 valence electrons. The highest BCUT2D eigenvalue weighted by Crippen LogP contribution is 2.62. The van der Waals surface area contributed by atoms with Crippen LogP contribution in [0.2, 0.25) is 0 Å². The van der Waals surface area contributed by atoms with Crippen LogP contribution in [-0.4, -0.2) is 96.6 Å². The Morgan fingerprint density at radius 1 is 0.862 bits per heavy atom. The molecule has 4 aromatic rings. The molecule has 4 aromatic carbocycles. The van der Waals surface area contributed by atoms with E-state index in [-0.39, 0.29) is 83.6 Å². The molecular weight excluding hydrogens is 825 g/mol. The summed E-state index contributed by atoms with van der Waals surface area (Å²) in [4.78, 5) is 22.1. The Hall–Kier alpha value is -5.50. The Labute approximate surface area is 383 Å². The van der Waals surface area contributed by atoms with Gasteiger partial charge in [0.25, 0.3) is 0 Å². The van der Waals surface area contributed by atoms with E-state index in [4.69, 9.17) is 33.7 Å². The van der Waals surface area contributed by atoms with Gasteiger partial charge >= 0.3 is 6.09 Å². The number of rotatable bonds is 24. The number of benzene rings is 4. The first-order valence-corrected chi connectivity index (χ1v) is 23.1. The summed E-state index contributed by atoms with van der Waals surface area (Å²) >= 11 is 0. The number of ether oxygens (including phenoxy) is 5.